The molecule has 7 heteroatoms. The smallest absolute Gasteiger partial charge is 0.247 e. The van der Waals surface area contributed by atoms with E-state index in [0.29, 0.717) is 17.9 Å². The van der Waals surface area contributed by atoms with E-state index in [-0.39, 0.29) is 30.0 Å². The van der Waals surface area contributed by atoms with Crippen LogP contribution in [0.1, 0.15) is 17.9 Å². The van der Waals surface area contributed by atoms with Crippen molar-refractivity contribution in [3.8, 4) is 0 Å². The van der Waals surface area contributed by atoms with Gasteiger partial charge >= 0.3 is 0 Å². The van der Waals surface area contributed by atoms with Crippen molar-refractivity contribution in [2.24, 2.45) is 0 Å². The van der Waals surface area contributed by atoms with Crippen molar-refractivity contribution in [3.63, 3.8) is 0 Å². The standard InChI is InChI=1S/C16H17NO5S/c18-16(6-5-14-3-1-8-21-14)17(11-15-4-2-9-22-15)13-7-10-23(19,20)12-13/h1-6,8-9,13H,7,10-12H2/b6-5+. The number of amides is 1. The molecule has 2 aromatic rings. The van der Waals surface area contributed by atoms with Crippen LogP contribution >= 0.6 is 0 Å². The lowest BCUT2D eigenvalue weighted by atomic mass is 10.2. The quantitative estimate of drug-likeness (QED) is 0.782. The van der Waals surface area contributed by atoms with Gasteiger partial charge in [0.25, 0.3) is 0 Å². The lowest BCUT2D eigenvalue weighted by Crippen LogP contribution is -2.39. The SMILES string of the molecule is O=C(/C=C/c1ccco1)N(Cc1ccco1)C1CCS(=O)(=O)C1. The summed E-state index contributed by atoms with van der Waals surface area (Å²) in [7, 11) is -3.08. The number of hydrogen-bond donors (Lipinski definition) is 0. The molecular formula is C16H17NO5S. The molecule has 0 radical (unpaired) electrons. The van der Waals surface area contributed by atoms with Gasteiger partial charge in [-0.1, -0.05) is 0 Å². The first kappa shape index (κ1) is 15.6. The molecule has 2 aromatic heterocycles. The van der Waals surface area contributed by atoms with E-state index in [1.807, 2.05) is 0 Å². The number of carbonyl (C=O) groups excluding carboxylic acids is 1. The minimum Gasteiger partial charge on any atom is -0.467 e. The minimum absolute atomic E-state index is 0.00591. The highest BCUT2D eigenvalue weighted by molar-refractivity contribution is 7.91. The molecule has 1 saturated heterocycles. The number of sulfone groups is 1. The Morgan fingerprint density at radius 3 is 2.65 bits per heavy atom. The molecule has 23 heavy (non-hydrogen) atoms. The summed E-state index contributed by atoms with van der Waals surface area (Å²) in [6.07, 6.45) is 6.47. The van der Waals surface area contributed by atoms with Crippen LogP contribution in [0, 0.1) is 0 Å². The van der Waals surface area contributed by atoms with Crippen molar-refractivity contribution < 1.29 is 22.0 Å². The van der Waals surface area contributed by atoms with E-state index < -0.39 is 9.84 Å². The maximum absolute atomic E-state index is 12.5. The van der Waals surface area contributed by atoms with Gasteiger partial charge in [0.2, 0.25) is 5.91 Å². The van der Waals surface area contributed by atoms with Crippen LogP contribution in [0.25, 0.3) is 6.08 Å². The van der Waals surface area contributed by atoms with Crippen LogP contribution in [0.5, 0.6) is 0 Å². The monoisotopic (exact) mass is 335 g/mol. The number of rotatable bonds is 5. The topological polar surface area (TPSA) is 80.7 Å². The van der Waals surface area contributed by atoms with Gasteiger partial charge in [-0.3, -0.25) is 4.79 Å². The minimum atomic E-state index is -3.08. The molecule has 3 heterocycles. The zero-order valence-corrected chi connectivity index (χ0v) is 13.2. The Labute approximate surface area is 134 Å². The summed E-state index contributed by atoms with van der Waals surface area (Å²) >= 11 is 0. The highest BCUT2D eigenvalue weighted by atomic mass is 32.2. The van der Waals surface area contributed by atoms with Crippen LogP contribution in [-0.4, -0.2) is 36.8 Å². The van der Waals surface area contributed by atoms with Crippen molar-refractivity contribution in [1.82, 2.24) is 4.90 Å². The first-order valence-electron chi connectivity index (χ1n) is 7.28. The first-order valence-corrected chi connectivity index (χ1v) is 9.11. The summed E-state index contributed by atoms with van der Waals surface area (Å²) in [5, 5.41) is 0. The van der Waals surface area contributed by atoms with Gasteiger partial charge in [-0.15, -0.1) is 0 Å². The van der Waals surface area contributed by atoms with Crippen molar-refractivity contribution in [3.05, 3.63) is 54.4 Å². The third kappa shape index (κ3) is 3.92. The van der Waals surface area contributed by atoms with E-state index >= 15 is 0 Å². The van der Waals surface area contributed by atoms with Gasteiger partial charge in [0.05, 0.1) is 30.6 Å². The third-order valence-electron chi connectivity index (χ3n) is 3.77. The van der Waals surface area contributed by atoms with Crippen molar-refractivity contribution in [2.75, 3.05) is 11.5 Å². The molecule has 0 N–H and O–H groups in total. The Morgan fingerprint density at radius 2 is 2.04 bits per heavy atom. The Kier molecular flexibility index (Phi) is 4.38. The van der Waals surface area contributed by atoms with Crippen LogP contribution in [0.4, 0.5) is 0 Å². The highest BCUT2D eigenvalue weighted by Gasteiger charge is 2.34. The number of hydrogen-bond acceptors (Lipinski definition) is 5. The van der Waals surface area contributed by atoms with Crippen LogP contribution < -0.4 is 0 Å². The van der Waals surface area contributed by atoms with E-state index in [0.717, 1.165) is 0 Å². The van der Waals surface area contributed by atoms with E-state index in [2.05, 4.69) is 0 Å². The fraction of sp³-hybridized carbons (Fsp3) is 0.312. The molecule has 1 fully saturated rings. The summed E-state index contributed by atoms with van der Waals surface area (Å²) in [6.45, 7) is 0.245. The van der Waals surface area contributed by atoms with Gasteiger partial charge in [0.15, 0.2) is 9.84 Å². The Bertz CT molecular complexity index is 775. The molecule has 1 aliphatic heterocycles. The predicted molar refractivity (Wildman–Crippen MR) is 84.1 cm³/mol. The summed E-state index contributed by atoms with van der Waals surface area (Å²) in [4.78, 5) is 14.1. The molecule has 1 unspecified atom stereocenters. The van der Waals surface area contributed by atoms with E-state index in [9.17, 15) is 13.2 Å². The van der Waals surface area contributed by atoms with E-state index in [1.165, 1.54) is 18.6 Å². The van der Waals surface area contributed by atoms with Crippen LogP contribution in [0.2, 0.25) is 0 Å². The van der Waals surface area contributed by atoms with Gasteiger partial charge in [0.1, 0.15) is 11.5 Å². The second-order valence-corrected chi connectivity index (χ2v) is 7.68. The third-order valence-corrected chi connectivity index (χ3v) is 5.52. The van der Waals surface area contributed by atoms with Crippen LogP contribution in [0.3, 0.4) is 0 Å². The number of nitrogens with zero attached hydrogens (tertiary/aromatic N) is 1. The number of furan rings is 2. The highest BCUT2D eigenvalue weighted by Crippen LogP contribution is 2.21. The van der Waals surface area contributed by atoms with Crippen molar-refractivity contribution >= 4 is 21.8 Å². The molecule has 0 aromatic carbocycles. The lowest BCUT2D eigenvalue weighted by molar-refractivity contribution is -0.128. The molecule has 0 spiro atoms. The van der Waals surface area contributed by atoms with E-state index in [1.54, 1.807) is 35.2 Å². The van der Waals surface area contributed by atoms with Crippen LogP contribution in [0.15, 0.2) is 51.7 Å². The summed E-state index contributed by atoms with van der Waals surface area (Å²) in [6, 6.07) is 6.63. The fourth-order valence-corrected chi connectivity index (χ4v) is 4.34. The molecule has 0 aliphatic carbocycles. The summed E-state index contributed by atoms with van der Waals surface area (Å²) in [5.74, 6) is 1.03. The molecule has 1 aliphatic rings. The molecule has 3 rings (SSSR count). The molecule has 122 valence electrons. The van der Waals surface area contributed by atoms with Crippen LogP contribution in [-0.2, 0) is 21.2 Å². The maximum atomic E-state index is 12.5. The molecule has 0 bridgehead atoms. The van der Waals surface area contributed by atoms with Crippen molar-refractivity contribution in [1.29, 1.82) is 0 Å². The molecule has 6 nitrogen and oxygen atoms in total. The predicted octanol–water partition coefficient (Wildman–Crippen LogP) is 2.10. The average molecular weight is 335 g/mol. The van der Waals surface area contributed by atoms with Gasteiger partial charge in [0, 0.05) is 12.1 Å². The fourth-order valence-electron chi connectivity index (χ4n) is 2.61. The zero-order chi connectivity index (χ0) is 16.3. The maximum Gasteiger partial charge on any atom is 0.247 e. The van der Waals surface area contributed by atoms with Gasteiger partial charge < -0.3 is 13.7 Å². The Hall–Kier alpha value is -2.28. The van der Waals surface area contributed by atoms with Crippen molar-refractivity contribution in [2.45, 2.75) is 19.0 Å². The second-order valence-electron chi connectivity index (χ2n) is 5.45. The largest absolute Gasteiger partial charge is 0.467 e. The van der Waals surface area contributed by atoms with Gasteiger partial charge in [-0.25, -0.2) is 8.42 Å². The molecule has 0 saturated carbocycles. The number of carbonyl (C=O) groups is 1. The summed E-state index contributed by atoms with van der Waals surface area (Å²) in [5.41, 5.74) is 0. The average Bonchev–Trinajstić information content (AvgIpc) is 3.24. The first-order chi connectivity index (χ1) is 11.0. The van der Waals surface area contributed by atoms with Gasteiger partial charge in [-0.05, 0) is 36.8 Å². The molecular weight excluding hydrogens is 318 g/mol. The lowest BCUT2D eigenvalue weighted by Gasteiger charge is -2.26. The van der Waals surface area contributed by atoms with Gasteiger partial charge in [-0.2, -0.15) is 0 Å². The summed E-state index contributed by atoms with van der Waals surface area (Å²) < 4.78 is 33.9. The second kappa shape index (κ2) is 6.45. The zero-order valence-electron chi connectivity index (χ0n) is 12.4. The molecule has 1 amide bonds. The normalized spacial score (nSPS) is 20.1. The molecule has 1 atom stereocenters. The Morgan fingerprint density at radius 1 is 1.26 bits per heavy atom. The Balaban J connectivity index is 1.78. The van der Waals surface area contributed by atoms with E-state index in [4.69, 9.17) is 8.83 Å².